The van der Waals surface area contributed by atoms with Crippen molar-refractivity contribution in [2.75, 3.05) is 0 Å². The Morgan fingerprint density at radius 2 is 2.00 bits per heavy atom. The second-order valence-electron chi connectivity index (χ2n) is 2.24. The molecule has 0 amide bonds. The Morgan fingerprint density at radius 1 is 1.33 bits per heavy atom. The number of carbonyl (C=O) groups excluding carboxylic acids is 1. The Balaban J connectivity index is 2.89. The van der Waals surface area contributed by atoms with Crippen molar-refractivity contribution in [1.29, 1.82) is 0 Å². The van der Waals surface area contributed by atoms with Crippen LogP contribution in [0.1, 0.15) is 6.92 Å². The lowest BCUT2D eigenvalue weighted by Crippen LogP contribution is -2.00. The number of carbonyl (C=O) groups is 1. The van der Waals surface area contributed by atoms with Crippen LogP contribution in [0.4, 0.5) is 0 Å². The monoisotopic (exact) mass is 168 g/mol. The summed E-state index contributed by atoms with van der Waals surface area (Å²) in [6.45, 7) is 1.25. The largest absolute Gasteiger partial charge is 0.504 e. The molecule has 0 aliphatic carbocycles. The first kappa shape index (κ1) is 8.39. The highest BCUT2D eigenvalue weighted by Gasteiger charge is 2.02. The van der Waals surface area contributed by atoms with Crippen molar-refractivity contribution in [2.24, 2.45) is 0 Å². The third-order valence-corrected chi connectivity index (χ3v) is 1.21. The number of hydrogen-bond acceptors (Lipinski definition) is 4. The van der Waals surface area contributed by atoms with Crippen molar-refractivity contribution >= 4 is 5.97 Å². The minimum absolute atomic E-state index is 0.206. The Bertz CT molecular complexity index is 306. The van der Waals surface area contributed by atoms with Crippen molar-refractivity contribution in [3.05, 3.63) is 18.2 Å². The minimum atomic E-state index is -0.472. The number of ether oxygens (including phenoxy) is 1. The molecule has 1 rings (SSSR count). The Morgan fingerprint density at radius 3 is 2.50 bits per heavy atom. The molecule has 0 fully saturated rings. The quantitative estimate of drug-likeness (QED) is 0.373. The van der Waals surface area contributed by atoms with Crippen LogP contribution in [0.3, 0.4) is 0 Å². The van der Waals surface area contributed by atoms with Gasteiger partial charge in [0.2, 0.25) is 0 Å². The third kappa shape index (κ3) is 1.88. The Hall–Kier alpha value is -1.71. The molecule has 2 N–H and O–H groups in total. The van der Waals surface area contributed by atoms with E-state index in [0.29, 0.717) is 0 Å². The average Bonchev–Trinajstić information content (AvgIpc) is 1.96. The molecule has 1 aromatic carbocycles. The van der Waals surface area contributed by atoms with Crippen molar-refractivity contribution in [2.45, 2.75) is 6.92 Å². The SMILES string of the molecule is CC(=O)Oc1ccc(O)c(O)c1. The predicted octanol–water partition coefficient (Wildman–Crippen LogP) is 1.02. The van der Waals surface area contributed by atoms with E-state index in [-0.39, 0.29) is 17.2 Å². The summed E-state index contributed by atoms with van der Waals surface area (Å²) in [4.78, 5) is 10.4. The number of aromatic hydroxyl groups is 2. The fourth-order valence-corrected chi connectivity index (χ4v) is 0.733. The van der Waals surface area contributed by atoms with Crippen LogP contribution >= 0.6 is 0 Å². The normalized spacial score (nSPS) is 9.42. The van der Waals surface area contributed by atoms with Gasteiger partial charge in [0.15, 0.2) is 11.5 Å². The molecule has 4 nitrogen and oxygen atoms in total. The Kier molecular flexibility index (Phi) is 2.19. The van der Waals surface area contributed by atoms with Gasteiger partial charge in [-0.1, -0.05) is 0 Å². The molecule has 0 saturated heterocycles. The fraction of sp³-hybridized carbons (Fsp3) is 0.125. The van der Waals surface area contributed by atoms with Gasteiger partial charge in [-0.05, 0) is 12.1 Å². The van der Waals surface area contributed by atoms with Gasteiger partial charge in [0, 0.05) is 13.0 Å². The number of benzene rings is 1. The second kappa shape index (κ2) is 3.13. The smallest absolute Gasteiger partial charge is 0.308 e. The summed E-state index contributed by atoms with van der Waals surface area (Å²) in [5, 5.41) is 17.9. The summed E-state index contributed by atoms with van der Waals surface area (Å²) in [7, 11) is 0. The first-order valence-electron chi connectivity index (χ1n) is 3.30. The molecule has 0 spiro atoms. The van der Waals surface area contributed by atoms with Gasteiger partial charge in [-0.15, -0.1) is 0 Å². The topological polar surface area (TPSA) is 66.8 Å². The highest BCUT2D eigenvalue weighted by molar-refractivity contribution is 5.69. The number of esters is 1. The molecule has 0 radical (unpaired) electrons. The summed E-state index contributed by atoms with van der Waals surface area (Å²) >= 11 is 0. The van der Waals surface area contributed by atoms with Crippen LogP contribution in [0, 0.1) is 0 Å². The van der Waals surface area contributed by atoms with Crippen LogP contribution in [0.5, 0.6) is 17.2 Å². The molecular weight excluding hydrogens is 160 g/mol. The van der Waals surface area contributed by atoms with E-state index in [1.165, 1.54) is 19.1 Å². The van der Waals surface area contributed by atoms with Crippen molar-refractivity contribution in [3.8, 4) is 17.2 Å². The summed E-state index contributed by atoms with van der Waals surface area (Å²) < 4.78 is 4.64. The van der Waals surface area contributed by atoms with Gasteiger partial charge in [-0.25, -0.2) is 0 Å². The average molecular weight is 168 g/mol. The molecule has 4 heteroatoms. The predicted molar refractivity (Wildman–Crippen MR) is 41.1 cm³/mol. The van der Waals surface area contributed by atoms with E-state index >= 15 is 0 Å². The van der Waals surface area contributed by atoms with Gasteiger partial charge in [0.05, 0.1) is 0 Å². The Labute approximate surface area is 69.0 Å². The highest BCUT2D eigenvalue weighted by atomic mass is 16.5. The van der Waals surface area contributed by atoms with Gasteiger partial charge in [-0.2, -0.15) is 0 Å². The van der Waals surface area contributed by atoms with Gasteiger partial charge >= 0.3 is 5.97 Å². The number of hydrogen-bond donors (Lipinski definition) is 2. The lowest BCUT2D eigenvalue weighted by molar-refractivity contribution is -0.131. The number of phenolic OH excluding ortho intramolecular Hbond substituents is 2. The molecule has 0 bridgehead atoms. The molecule has 0 atom stereocenters. The zero-order chi connectivity index (χ0) is 9.14. The van der Waals surface area contributed by atoms with E-state index in [2.05, 4.69) is 4.74 Å². The number of rotatable bonds is 1. The van der Waals surface area contributed by atoms with E-state index < -0.39 is 5.97 Å². The van der Waals surface area contributed by atoms with Crippen LogP contribution in [0.2, 0.25) is 0 Å². The lowest BCUT2D eigenvalue weighted by Gasteiger charge is -2.01. The van der Waals surface area contributed by atoms with E-state index in [1.807, 2.05) is 0 Å². The van der Waals surface area contributed by atoms with E-state index in [9.17, 15) is 4.79 Å². The summed E-state index contributed by atoms with van der Waals surface area (Å²) in [6, 6.07) is 3.79. The van der Waals surface area contributed by atoms with Gasteiger partial charge in [-0.3, -0.25) is 4.79 Å². The van der Waals surface area contributed by atoms with E-state index in [4.69, 9.17) is 10.2 Å². The van der Waals surface area contributed by atoms with Gasteiger partial charge in [0.1, 0.15) is 5.75 Å². The second-order valence-corrected chi connectivity index (χ2v) is 2.24. The zero-order valence-corrected chi connectivity index (χ0v) is 6.44. The van der Waals surface area contributed by atoms with E-state index in [0.717, 1.165) is 6.07 Å². The van der Waals surface area contributed by atoms with E-state index in [1.54, 1.807) is 0 Å². The molecule has 64 valence electrons. The summed E-state index contributed by atoms with van der Waals surface area (Å²) in [6.07, 6.45) is 0. The van der Waals surface area contributed by atoms with Crippen LogP contribution in [0.15, 0.2) is 18.2 Å². The van der Waals surface area contributed by atoms with Crippen LogP contribution in [-0.4, -0.2) is 16.2 Å². The highest BCUT2D eigenvalue weighted by Crippen LogP contribution is 2.28. The van der Waals surface area contributed by atoms with Crippen LogP contribution < -0.4 is 4.74 Å². The molecule has 0 aliphatic rings. The standard InChI is InChI=1S/C8H8O4/c1-5(9)12-6-2-3-7(10)8(11)4-6/h2-4,10-11H,1H3. The zero-order valence-electron chi connectivity index (χ0n) is 6.44. The molecule has 0 aliphatic heterocycles. The van der Waals surface area contributed by atoms with Crippen LogP contribution in [0.25, 0.3) is 0 Å². The van der Waals surface area contributed by atoms with Crippen molar-refractivity contribution < 1.29 is 19.7 Å². The summed E-state index contributed by atoms with van der Waals surface area (Å²) in [5.41, 5.74) is 0. The van der Waals surface area contributed by atoms with Crippen molar-refractivity contribution in [1.82, 2.24) is 0 Å². The molecule has 0 aromatic heterocycles. The van der Waals surface area contributed by atoms with Gasteiger partial charge < -0.3 is 14.9 Å². The molecular formula is C8H8O4. The lowest BCUT2D eigenvalue weighted by atomic mass is 10.3. The molecule has 0 heterocycles. The third-order valence-electron chi connectivity index (χ3n) is 1.21. The first-order valence-corrected chi connectivity index (χ1v) is 3.30. The molecule has 0 saturated carbocycles. The maximum Gasteiger partial charge on any atom is 0.308 e. The first-order chi connectivity index (χ1) is 5.59. The fourth-order valence-electron chi connectivity index (χ4n) is 0.733. The molecule has 0 unspecified atom stereocenters. The molecule has 12 heavy (non-hydrogen) atoms. The van der Waals surface area contributed by atoms with Crippen LogP contribution in [-0.2, 0) is 4.79 Å². The molecule has 1 aromatic rings. The number of phenols is 2. The maximum atomic E-state index is 10.4. The maximum absolute atomic E-state index is 10.4. The van der Waals surface area contributed by atoms with Gasteiger partial charge in [0.25, 0.3) is 0 Å². The minimum Gasteiger partial charge on any atom is -0.504 e. The summed E-state index contributed by atoms with van der Waals surface area (Å²) in [5.74, 6) is -0.822. The van der Waals surface area contributed by atoms with Crippen molar-refractivity contribution in [3.63, 3.8) is 0 Å².